The Morgan fingerprint density at radius 2 is 2.00 bits per heavy atom. The van der Waals surface area contributed by atoms with Crippen molar-refractivity contribution in [3.8, 4) is 0 Å². The summed E-state index contributed by atoms with van der Waals surface area (Å²) in [7, 11) is 0. The standard InChI is InChI=1S/C11H14F2N2O3/c1-11(2,3)18-10(17)14-7-4-5-8(16)15(6-7)9(12)13/h4-6,9H,1-3H3,(H,14,17). The highest BCUT2D eigenvalue weighted by atomic mass is 19.3. The van der Waals surface area contributed by atoms with Crippen LogP contribution in [0.3, 0.4) is 0 Å². The van der Waals surface area contributed by atoms with Crippen LogP contribution in [0.2, 0.25) is 0 Å². The van der Waals surface area contributed by atoms with Crippen molar-refractivity contribution in [1.29, 1.82) is 0 Å². The number of rotatable bonds is 2. The number of alkyl halides is 2. The van der Waals surface area contributed by atoms with Gasteiger partial charge in [0.25, 0.3) is 5.56 Å². The molecule has 0 saturated carbocycles. The fourth-order valence-corrected chi connectivity index (χ4v) is 1.15. The second-order valence-electron chi connectivity index (χ2n) is 4.57. The van der Waals surface area contributed by atoms with Gasteiger partial charge in [-0.2, -0.15) is 8.78 Å². The van der Waals surface area contributed by atoms with Crippen LogP contribution in [-0.2, 0) is 4.74 Å². The van der Waals surface area contributed by atoms with Gasteiger partial charge in [0.05, 0.1) is 5.69 Å². The van der Waals surface area contributed by atoms with Crippen molar-refractivity contribution >= 4 is 11.8 Å². The smallest absolute Gasteiger partial charge is 0.412 e. The van der Waals surface area contributed by atoms with Gasteiger partial charge in [-0.3, -0.25) is 14.7 Å². The van der Waals surface area contributed by atoms with Crippen LogP contribution in [0.4, 0.5) is 19.3 Å². The first-order valence-electron chi connectivity index (χ1n) is 5.19. The molecule has 0 bridgehead atoms. The van der Waals surface area contributed by atoms with Crippen molar-refractivity contribution in [3.05, 3.63) is 28.7 Å². The normalized spacial score (nSPS) is 11.4. The van der Waals surface area contributed by atoms with Crippen molar-refractivity contribution < 1.29 is 18.3 Å². The second-order valence-corrected chi connectivity index (χ2v) is 4.57. The average molecular weight is 260 g/mol. The van der Waals surface area contributed by atoms with E-state index < -0.39 is 23.8 Å². The lowest BCUT2D eigenvalue weighted by molar-refractivity contribution is 0.0622. The number of nitrogens with one attached hydrogen (secondary N) is 1. The number of pyridine rings is 1. The Hall–Kier alpha value is -1.92. The molecule has 0 radical (unpaired) electrons. The summed E-state index contributed by atoms with van der Waals surface area (Å²) in [6.07, 6.45) is 0.0821. The Morgan fingerprint density at radius 1 is 1.39 bits per heavy atom. The maximum absolute atomic E-state index is 12.4. The maximum Gasteiger partial charge on any atom is 0.412 e. The highest BCUT2D eigenvalue weighted by Crippen LogP contribution is 2.13. The van der Waals surface area contributed by atoms with Gasteiger partial charge in [0, 0.05) is 12.3 Å². The number of aromatic nitrogens is 1. The Morgan fingerprint density at radius 3 is 2.50 bits per heavy atom. The molecule has 0 aliphatic carbocycles. The molecule has 0 saturated heterocycles. The highest BCUT2D eigenvalue weighted by Gasteiger charge is 2.17. The number of carbonyl (C=O) groups is 1. The molecule has 0 aliphatic heterocycles. The highest BCUT2D eigenvalue weighted by molar-refractivity contribution is 5.84. The first-order chi connectivity index (χ1) is 8.19. The van der Waals surface area contributed by atoms with Crippen molar-refractivity contribution in [2.24, 2.45) is 0 Å². The van der Waals surface area contributed by atoms with Crippen LogP contribution in [0.5, 0.6) is 0 Å². The molecular formula is C11H14F2N2O3. The van der Waals surface area contributed by atoms with Crippen LogP contribution >= 0.6 is 0 Å². The minimum atomic E-state index is -2.96. The molecular weight excluding hydrogens is 246 g/mol. The molecule has 0 atom stereocenters. The van der Waals surface area contributed by atoms with Gasteiger partial charge in [0.1, 0.15) is 5.60 Å². The number of nitrogens with zero attached hydrogens (tertiary/aromatic N) is 1. The lowest BCUT2D eigenvalue weighted by Gasteiger charge is -2.19. The van der Waals surface area contributed by atoms with Crippen LogP contribution in [-0.4, -0.2) is 16.3 Å². The molecule has 0 aromatic carbocycles. The summed E-state index contributed by atoms with van der Waals surface area (Å²) in [5.74, 6) is 0. The van der Waals surface area contributed by atoms with Crippen LogP contribution in [0, 0.1) is 0 Å². The van der Waals surface area contributed by atoms with Gasteiger partial charge in [-0.1, -0.05) is 0 Å². The summed E-state index contributed by atoms with van der Waals surface area (Å²) in [5.41, 5.74) is -1.48. The van der Waals surface area contributed by atoms with Crippen LogP contribution in [0.25, 0.3) is 0 Å². The largest absolute Gasteiger partial charge is 0.444 e. The second kappa shape index (κ2) is 5.16. The Balaban J connectivity index is 2.83. The summed E-state index contributed by atoms with van der Waals surface area (Å²) in [6, 6.07) is 2.17. The van der Waals surface area contributed by atoms with Gasteiger partial charge in [0.15, 0.2) is 0 Å². The molecule has 1 aromatic heterocycles. The van der Waals surface area contributed by atoms with Crippen molar-refractivity contribution in [2.75, 3.05) is 5.32 Å². The number of halogens is 2. The van der Waals surface area contributed by atoms with Gasteiger partial charge in [0.2, 0.25) is 0 Å². The molecule has 1 aromatic rings. The van der Waals surface area contributed by atoms with Crippen molar-refractivity contribution in [3.63, 3.8) is 0 Å². The number of ether oxygens (including phenoxy) is 1. The van der Waals surface area contributed by atoms with Crippen LogP contribution in [0.1, 0.15) is 27.3 Å². The third-order valence-electron chi connectivity index (χ3n) is 1.79. The molecule has 1 amide bonds. The predicted octanol–water partition coefficient (Wildman–Crippen LogP) is 2.59. The third kappa shape index (κ3) is 4.15. The molecule has 0 unspecified atom stereocenters. The van der Waals surface area contributed by atoms with Crippen molar-refractivity contribution in [1.82, 2.24) is 4.57 Å². The summed E-state index contributed by atoms with van der Waals surface area (Å²) in [5, 5.41) is 2.27. The first kappa shape index (κ1) is 14.1. The topological polar surface area (TPSA) is 60.3 Å². The summed E-state index contributed by atoms with van der Waals surface area (Å²) >= 11 is 0. The Kier molecular flexibility index (Phi) is 4.05. The zero-order valence-corrected chi connectivity index (χ0v) is 10.2. The van der Waals surface area contributed by atoms with Gasteiger partial charge < -0.3 is 4.74 Å². The lowest BCUT2D eigenvalue weighted by atomic mass is 10.2. The molecule has 100 valence electrons. The maximum atomic E-state index is 12.4. The zero-order valence-electron chi connectivity index (χ0n) is 10.2. The minimum Gasteiger partial charge on any atom is -0.444 e. The molecule has 0 aliphatic rings. The summed E-state index contributed by atoms with van der Waals surface area (Å²) in [6.45, 7) is 2.06. The molecule has 7 heteroatoms. The van der Waals surface area contributed by atoms with E-state index in [0.29, 0.717) is 0 Å². The molecule has 1 N–H and O–H groups in total. The van der Waals surface area contributed by atoms with E-state index in [0.717, 1.165) is 12.3 Å². The lowest BCUT2D eigenvalue weighted by Crippen LogP contribution is -2.28. The van der Waals surface area contributed by atoms with Gasteiger partial charge in [-0.15, -0.1) is 0 Å². The zero-order chi connectivity index (χ0) is 13.9. The van der Waals surface area contributed by atoms with E-state index in [9.17, 15) is 18.4 Å². The molecule has 0 fully saturated rings. The molecule has 0 spiro atoms. The molecule has 18 heavy (non-hydrogen) atoms. The van der Waals surface area contributed by atoms with Crippen LogP contribution in [0.15, 0.2) is 23.1 Å². The van der Waals surface area contributed by atoms with Gasteiger partial charge >= 0.3 is 12.6 Å². The number of hydrogen-bond acceptors (Lipinski definition) is 3. The monoisotopic (exact) mass is 260 g/mol. The van der Waals surface area contributed by atoms with E-state index in [1.807, 2.05) is 0 Å². The average Bonchev–Trinajstić information content (AvgIpc) is 2.17. The summed E-state index contributed by atoms with van der Waals surface area (Å²) in [4.78, 5) is 22.5. The molecule has 5 nitrogen and oxygen atoms in total. The Bertz CT molecular complexity index is 492. The van der Waals surface area contributed by atoms with E-state index in [-0.39, 0.29) is 10.3 Å². The van der Waals surface area contributed by atoms with E-state index in [1.165, 1.54) is 6.07 Å². The minimum absolute atomic E-state index is 0.0594. The fraction of sp³-hybridized carbons (Fsp3) is 0.455. The van der Waals surface area contributed by atoms with Gasteiger partial charge in [-0.05, 0) is 26.8 Å². The fourth-order valence-electron chi connectivity index (χ4n) is 1.15. The van der Waals surface area contributed by atoms with Crippen molar-refractivity contribution in [2.45, 2.75) is 32.9 Å². The van der Waals surface area contributed by atoms with E-state index in [2.05, 4.69) is 5.32 Å². The van der Waals surface area contributed by atoms with E-state index in [1.54, 1.807) is 20.8 Å². The number of anilines is 1. The van der Waals surface area contributed by atoms with E-state index >= 15 is 0 Å². The number of carbonyl (C=O) groups excluding carboxylic acids is 1. The predicted molar refractivity (Wildman–Crippen MR) is 61.8 cm³/mol. The van der Waals surface area contributed by atoms with Crippen LogP contribution < -0.4 is 10.9 Å². The molecule has 1 rings (SSSR count). The summed E-state index contributed by atoms with van der Waals surface area (Å²) < 4.78 is 30.0. The quantitative estimate of drug-likeness (QED) is 0.889. The number of hydrogen-bond donors (Lipinski definition) is 1. The van der Waals surface area contributed by atoms with Gasteiger partial charge in [-0.25, -0.2) is 4.79 Å². The number of amides is 1. The molecule has 1 heterocycles. The van der Waals surface area contributed by atoms with E-state index in [4.69, 9.17) is 4.74 Å². The SMILES string of the molecule is CC(C)(C)OC(=O)Nc1ccc(=O)n(C(F)F)c1. The third-order valence-corrected chi connectivity index (χ3v) is 1.79. The first-order valence-corrected chi connectivity index (χ1v) is 5.19. The Labute approximate surface area is 102 Å².